The Bertz CT molecular complexity index is 632. The molecule has 5 heteroatoms. The molecule has 1 aromatic carbocycles. The van der Waals surface area contributed by atoms with Crippen LogP contribution in [-0.2, 0) is 4.74 Å². The van der Waals surface area contributed by atoms with Crippen LogP contribution >= 0.6 is 0 Å². The molecule has 3 rings (SSSR count). The Morgan fingerprint density at radius 1 is 1.25 bits per heavy atom. The van der Waals surface area contributed by atoms with Crippen molar-refractivity contribution >= 4 is 16.6 Å². The van der Waals surface area contributed by atoms with Crippen molar-refractivity contribution in [3.63, 3.8) is 0 Å². The van der Waals surface area contributed by atoms with Crippen LogP contribution in [0.3, 0.4) is 0 Å². The summed E-state index contributed by atoms with van der Waals surface area (Å²) >= 11 is 0. The van der Waals surface area contributed by atoms with E-state index in [0.29, 0.717) is 0 Å². The zero-order valence-corrected chi connectivity index (χ0v) is 11.4. The van der Waals surface area contributed by atoms with E-state index in [1.165, 1.54) is 0 Å². The van der Waals surface area contributed by atoms with Gasteiger partial charge in [0.1, 0.15) is 5.82 Å². The first-order valence-electron chi connectivity index (χ1n) is 6.99. The first-order chi connectivity index (χ1) is 9.83. The molecule has 106 valence electrons. The molecule has 0 spiro atoms. The van der Waals surface area contributed by atoms with Crippen LogP contribution < -0.4 is 10.9 Å². The molecule has 1 aliphatic heterocycles. The number of aromatic nitrogens is 1. The van der Waals surface area contributed by atoms with E-state index in [9.17, 15) is 4.79 Å². The van der Waals surface area contributed by atoms with Crippen LogP contribution in [0.5, 0.6) is 0 Å². The van der Waals surface area contributed by atoms with Gasteiger partial charge in [0, 0.05) is 31.6 Å². The fourth-order valence-electron chi connectivity index (χ4n) is 2.48. The van der Waals surface area contributed by atoms with Crippen molar-refractivity contribution in [3.8, 4) is 0 Å². The van der Waals surface area contributed by atoms with E-state index in [2.05, 4.69) is 15.2 Å². The lowest BCUT2D eigenvalue weighted by Crippen LogP contribution is -2.39. The SMILES string of the molecule is O=c1[nH]c(NCCN2CCOCC2)cc2ccccc12. The Morgan fingerprint density at radius 2 is 2.05 bits per heavy atom. The first-order valence-corrected chi connectivity index (χ1v) is 6.99. The Balaban J connectivity index is 1.64. The van der Waals surface area contributed by atoms with Crippen LogP contribution in [0, 0.1) is 0 Å². The third-order valence-electron chi connectivity index (χ3n) is 3.60. The van der Waals surface area contributed by atoms with Crippen molar-refractivity contribution in [3.05, 3.63) is 40.7 Å². The first kappa shape index (κ1) is 13.1. The Labute approximate surface area is 117 Å². The molecule has 0 atom stereocenters. The predicted molar refractivity (Wildman–Crippen MR) is 80.3 cm³/mol. The van der Waals surface area contributed by atoms with E-state index in [1.807, 2.05) is 30.3 Å². The van der Waals surface area contributed by atoms with E-state index in [0.717, 1.165) is 56.0 Å². The quantitative estimate of drug-likeness (QED) is 0.881. The number of ether oxygens (including phenoxy) is 1. The maximum atomic E-state index is 11.9. The van der Waals surface area contributed by atoms with Gasteiger partial charge in [-0.25, -0.2) is 0 Å². The summed E-state index contributed by atoms with van der Waals surface area (Å²) in [6.45, 7) is 5.36. The summed E-state index contributed by atoms with van der Waals surface area (Å²) in [5, 5.41) is 4.98. The molecule has 2 N–H and O–H groups in total. The van der Waals surface area contributed by atoms with Crippen molar-refractivity contribution in [2.75, 3.05) is 44.7 Å². The molecule has 1 aromatic heterocycles. The molecule has 2 aromatic rings. The monoisotopic (exact) mass is 273 g/mol. The molecule has 0 aliphatic carbocycles. The molecule has 1 aliphatic rings. The minimum atomic E-state index is -0.0445. The number of hydrogen-bond acceptors (Lipinski definition) is 4. The van der Waals surface area contributed by atoms with E-state index in [-0.39, 0.29) is 5.56 Å². The van der Waals surface area contributed by atoms with Gasteiger partial charge in [-0.1, -0.05) is 18.2 Å². The van der Waals surface area contributed by atoms with E-state index >= 15 is 0 Å². The van der Waals surface area contributed by atoms with Crippen LogP contribution in [0.4, 0.5) is 5.82 Å². The Morgan fingerprint density at radius 3 is 2.90 bits per heavy atom. The normalized spacial score (nSPS) is 16.4. The molecule has 1 fully saturated rings. The molecule has 0 unspecified atom stereocenters. The van der Waals surface area contributed by atoms with Crippen LogP contribution in [0.25, 0.3) is 10.8 Å². The number of fused-ring (bicyclic) bond motifs is 1. The number of H-pyrrole nitrogens is 1. The molecule has 0 bridgehead atoms. The number of nitrogens with one attached hydrogen (secondary N) is 2. The van der Waals surface area contributed by atoms with Gasteiger partial charge in [-0.05, 0) is 17.5 Å². The molecular formula is C15H19N3O2. The average molecular weight is 273 g/mol. The number of hydrogen-bond donors (Lipinski definition) is 2. The summed E-state index contributed by atoms with van der Waals surface area (Å²) in [5.41, 5.74) is -0.0445. The van der Waals surface area contributed by atoms with Crippen molar-refractivity contribution in [1.29, 1.82) is 0 Å². The molecular weight excluding hydrogens is 254 g/mol. The lowest BCUT2D eigenvalue weighted by Gasteiger charge is -2.26. The molecule has 2 heterocycles. The lowest BCUT2D eigenvalue weighted by atomic mass is 10.2. The zero-order valence-electron chi connectivity index (χ0n) is 11.4. The second kappa shape index (κ2) is 6.07. The number of benzene rings is 1. The topological polar surface area (TPSA) is 57.4 Å². The van der Waals surface area contributed by atoms with E-state index in [4.69, 9.17) is 4.74 Å². The number of aromatic amines is 1. The summed E-state index contributed by atoms with van der Waals surface area (Å²) in [7, 11) is 0. The second-order valence-corrected chi connectivity index (χ2v) is 4.98. The zero-order chi connectivity index (χ0) is 13.8. The van der Waals surface area contributed by atoms with Gasteiger partial charge in [-0.3, -0.25) is 9.69 Å². The molecule has 0 saturated carbocycles. The molecule has 0 radical (unpaired) electrons. The molecule has 1 saturated heterocycles. The van der Waals surface area contributed by atoms with E-state index in [1.54, 1.807) is 0 Å². The summed E-state index contributed by atoms with van der Waals surface area (Å²) < 4.78 is 5.32. The number of pyridine rings is 1. The maximum Gasteiger partial charge on any atom is 0.257 e. The number of anilines is 1. The van der Waals surface area contributed by atoms with Gasteiger partial charge < -0.3 is 15.0 Å². The van der Waals surface area contributed by atoms with Gasteiger partial charge in [0.05, 0.1) is 13.2 Å². The fraction of sp³-hybridized carbons (Fsp3) is 0.400. The Hall–Kier alpha value is -1.85. The summed E-state index contributed by atoms with van der Waals surface area (Å²) in [4.78, 5) is 17.2. The lowest BCUT2D eigenvalue weighted by molar-refractivity contribution is 0.0398. The van der Waals surface area contributed by atoms with Crippen LogP contribution in [0.2, 0.25) is 0 Å². The highest BCUT2D eigenvalue weighted by molar-refractivity contribution is 5.83. The molecule has 0 amide bonds. The van der Waals surface area contributed by atoms with Gasteiger partial charge in [0.15, 0.2) is 0 Å². The molecule has 20 heavy (non-hydrogen) atoms. The van der Waals surface area contributed by atoms with Gasteiger partial charge in [0.25, 0.3) is 5.56 Å². The van der Waals surface area contributed by atoms with Gasteiger partial charge in [0.2, 0.25) is 0 Å². The summed E-state index contributed by atoms with van der Waals surface area (Å²) in [5.74, 6) is 0.780. The smallest absolute Gasteiger partial charge is 0.257 e. The maximum absolute atomic E-state index is 11.9. The number of morpholine rings is 1. The largest absolute Gasteiger partial charge is 0.379 e. The van der Waals surface area contributed by atoms with Crippen LogP contribution in [-0.4, -0.2) is 49.3 Å². The van der Waals surface area contributed by atoms with Crippen molar-refractivity contribution in [2.24, 2.45) is 0 Å². The van der Waals surface area contributed by atoms with Gasteiger partial charge in [-0.15, -0.1) is 0 Å². The number of nitrogens with zero attached hydrogens (tertiary/aromatic N) is 1. The average Bonchev–Trinajstić information content (AvgIpc) is 2.48. The van der Waals surface area contributed by atoms with Gasteiger partial charge in [-0.2, -0.15) is 0 Å². The third kappa shape index (κ3) is 3.00. The van der Waals surface area contributed by atoms with Crippen LogP contribution in [0.1, 0.15) is 0 Å². The van der Waals surface area contributed by atoms with Crippen LogP contribution in [0.15, 0.2) is 35.1 Å². The van der Waals surface area contributed by atoms with Crippen molar-refractivity contribution in [2.45, 2.75) is 0 Å². The van der Waals surface area contributed by atoms with Gasteiger partial charge >= 0.3 is 0 Å². The molecule has 5 nitrogen and oxygen atoms in total. The number of rotatable bonds is 4. The minimum Gasteiger partial charge on any atom is -0.379 e. The summed E-state index contributed by atoms with van der Waals surface area (Å²) in [6, 6.07) is 9.60. The highest BCUT2D eigenvalue weighted by Gasteiger charge is 2.09. The standard InChI is InChI=1S/C15H19N3O2/c19-15-13-4-2-1-3-12(13)11-14(17-15)16-5-6-18-7-9-20-10-8-18/h1-4,11H,5-10H2,(H2,16,17,19). The predicted octanol–water partition coefficient (Wildman–Crippen LogP) is 1.27. The highest BCUT2D eigenvalue weighted by atomic mass is 16.5. The van der Waals surface area contributed by atoms with Crippen molar-refractivity contribution < 1.29 is 4.74 Å². The van der Waals surface area contributed by atoms with E-state index < -0.39 is 0 Å². The minimum absolute atomic E-state index is 0.0445. The third-order valence-corrected chi connectivity index (χ3v) is 3.60. The highest BCUT2D eigenvalue weighted by Crippen LogP contribution is 2.12. The second-order valence-electron chi connectivity index (χ2n) is 4.98. The fourth-order valence-corrected chi connectivity index (χ4v) is 2.48. The Kier molecular flexibility index (Phi) is 3.99. The van der Waals surface area contributed by atoms with Crippen molar-refractivity contribution in [1.82, 2.24) is 9.88 Å². The summed E-state index contributed by atoms with van der Waals surface area (Å²) in [6.07, 6.45) is 0.